The van der Waals surface area contributed by atoms with Gasteiger partial charge in [-0.1, -0.05) is 38.5 Å². The second-order valence-corrected chi connectivity index (χ2v) is 6.87. The Morgan fingerprint density at radius 1 is 1.17 bits per heavy atom. The van der Waals surface area contributed by atoms with Gasteiger partial charge in [0.15, 0.2) is 5.17 Å². The van der Waals surface area contributed by atoms with Crippen LogP contribution in [0.1, 0.15) is 65.2 Å². The fraction of sp³-hybridized carbons (Fsp3) is 0.933. The average Bonchev–Trinajstić information content (AvgIpc) is 2.42. The molecule has 1 fully saturated rings. The van der Waals surface area contributed by atoms with Crippen LogP contribution in [0, 0.1) is 5.92 Å². The van der Waals surface area contributed by atoms with E-state index in [1.807, 2.05) is 11.8 Å². The summed E-state index contributed by atoms with van der Waals surface area (Å²) in [6, 6.07) is 1.27. The Balaban J connectivity index is 1.75. The van der Waals surface area contributed by atoms with Crippen LogP contribution >= 0.6 is 11.8 Å². The van der Waals surface area contributed by atoms with Crippen molar-refractivity contribution in [2.24, 2.45) is 10.9 Å². The molecule has 0 amide bonds. The van der Waals surface area contributed by atoms with Crippen molar-refractivity contribution < 1.29 is 0 Å². The first-order chi connectivity index (χ1) is 8.81. The van der Waals surface area contributed by atoms with Crippen LogP contribution in [-0.2, 0) is 0 Å². The highest BCUT2D eigenvalue weighted by Gasteiger charge is 2.22. The number of nitrogens with one attached hydrogen (secondary N) is 1. The lowest BCUT2D eigenvalue weighted by Crippen LogP contribution is -2.38. The van der Waals surface area contributed by atoms with Crippen LogP contribution in [0.4, 0.5) is 0 Å². The SMILES string of the molecule is CCCC1CCC(NC2=NC(CC)CCS2)CC1. The van der Waals surface area contributed by atoms with Gasteiger partial charge in [0.1, 0.15) is 0 Å². The van der Waals surface area contributed by atoms with Gasteiger partial charge in [-0.3, -0.25) is 4.99 Å². The predicted molar refractivity (Wildman–Crippen MR) is 82.4 cm³/mol. The molecule has 0 spiro atoms. The van der Waals surface area contributed by atoms with Crippen molar-refractivity contribution in [2.75, 3.05) is 5.75 Å². The van der Waals surface area contributed by atoms with E-state index < -0.39 is 0 Å². The maximum atomic E-state index is 4.82. The largest absolute Gasteiger partial charge is 0.362 e. The topological polar surface area (TPSA) is 24.4 Å². The summed E-state index contributed by atoms with van der Waals surface area (Å²) in [4.78, 5) is 4.82. The summed E-state index contributed by atoms with van der Waals surface area (Å²) in [6.45, 7) is 4.56. The second-order valence-electron chi connectivity index (χ2n) is 5.78. The molecule has 1 saturated carbocycles. The number of hydrogen-bond acceptors (Lipinski definition) is 3. The molecule has 0 aromatic carbocycles. The molecule has 18 heavy (non-hydrogen) atoms. The standard InChI is InChI=1S/C15H28N2S/c1-3-5-12-6-8-14(9-7-12)17-15-16-13(4-2)10-11-18-15/h12-14H,3-11H2,1-2H3,(H,16,17). The van der Waals surface area contributed by atoms with Gasteiger partial charge in [0.05, 0.1) is 6.04 Å². The molecule has 3 heteroatoms. The zero-order valence-electron chi connectivity index (χ0n) is 12.0. The zero-order valence-corrected chi connectivity index (χ0v) is 12.8. The van der Waals surface area contributed by atoms with Gasteiger partial charge in [-0.2, -0.15) is 0 Å². The van der Waals surface area contributed by atoms with Crippen LogP contribution in [-0.4, -0.2) is 23.0 Å². The summed E-state index contributed by atoms with van der Waals surface area (Å²) < 4.78 is 0. The third-order valence-corrected chi connectivity index (χ3v) is 5.27. The minimum absolute atomic E-state index is 0.574. The lowest BCUT2D eigenvalue weighted by molar-refractivity contribution is 0.296. The lowest BCUT2D eigenvalue weighted by atomic mass is 9.83. The molecule has 104 valence electrons. The molecule has 1 atom stereocenters. The Bertz CT molecular complexity index is 270. The van der Waals surface area contributed by atoms with E-state index in [2.05, 4.69) is 19.2 Å². The van der Waals surface area contributed by atoms with E-state index in [4.69, 9.17) is 4.99 Å². The number of hydrogen-bond donors (Lipinski definition) is 1. The maximum absolute atomic E-state index is 4.82. The lowest BCUT2D eigenvalue weighted by Gasteiger charge is -2.31. The van der Waals surface area contributed by atoms with Crippen molar-refractivity contribution in [1.82, 2.24) is 5.32 Å². The van der Waals surface area contributed by atoms with Crippen LogP contribution in [0.3, 0.4) is 0 Å². The van der Waals surface area contributed by atoms with Crippen molar-refractivity contribution >= 4 is 16.9 Å². The summed E-state index contributed by atoms with van der Waals surface area (Å²) >= 11 is 1.93. The molecule has 2 nitrogen and oxygen atoms in total. The molecular weight excluding hydrogens is 240 g/mol. The van der Waals surface area contributed by atoms with Crippen molar-refractivity contribution in [3.63, 3.8) is 0 Å². The molecule has 2 aliphatic rings. The van der Waals surface area contributed by atoms with Crippen LogP contribution in [0.25, 0.3) is 0 Å². The van der Waals surface area contributed by atoms with E-state index in [-0.39, 0.29) is 0 Å². The van der Waals surface area contributed by atoms with Crippen LogP contribution < -0.4 is 5.32 Å². The van der Waals surface area contributed by atoms with E-state index in [0.29, 0.717) is 12.1 Å². The molecule has 1 unspecified atom stereocenters. The number of thioether (sulfide) groups is 1. The average molecular weight is 268 g/mol. The van der Waals surface area contributed by atoms with Gasteiger partial charge in [-0.25, -0.2) is 0 Å². The summed E-state index contributed by atoms with van der Waals surface area (Å²) in [6.07, 6.45) is 10.8. The molecule has 0 aromatic rings. The third kappa shape index (κ3) is 4.18. The minimum Gasteiger partial charge on any atom is -0.362 e. The molecule has 2 rings (SSSR count). The Hall–Kier alpha value is -0.180. The minimum atomic E-state index is 0.574. The van der Waals surface area contributed by atoms with E-state index in [1.54, 1.807) is 0 Å². The summed E-state index contributed by atoms with van der Waals surface area (Å²) in [5.41, 5.74) is 0. The van der Waals surface area contributed by atoms with Gasteiger partial charge in [0, 0.05) is 11.8 Å². The molecule has 0 radical (unpaired) electrons. The normalized spacial score (nSPS) is 33.0. The first-order valence-corrected chi connectivity index (χ1v) is 8.77. The third-order valence-electron chi connectivity index (χ3n) is 4.33. The molecule has 0 aromatic heterocycles. The number of aliphatic imine (C=N–C) groups is 1. The molecule has 1 heterocycles. The van der Waals surface area contributed by atoms with E-state index in [9.17, 15) is 0 Å². The summed E-state index contributed by atoms with van der Waals surface area (Å²) in [5, 5.41) is 4.93. The van der Waals surface area contributed by atoms with E-state index in [0.717, 1.165) is 5.92 Å². The smallest absolute Gasteiger partial charge is 0.157 e. The molecule has 1 N–H and O–H groups in total. The Labute approximate surface area is 116 Å². The fourth-order valence-electron chi connectivity index (χ4n) is 3.11. The number of amidine groups is 1. The Morgan fingerprint density at radius 3 is 2.61 bits per heavy atom. The van der Waals surface area contributed by atoms with Crippen molar-refractivity contribution in [3.8, 4) is 0 Å². The first kappa shape index (κ1) is 14.2. The second kappa shape index (κ2) is 7.42. The molecule has 1 aliphatic carbocycles. The van der Waals surface area contributed by atoms with E-state index in [1.165, 1.54) is 62.3 Å². The highest BCUT2D eigenvalue weighted by molar-refractivity contribution is 8.13. The van der Waals surface area contributed by atoms with Gasteiger partial charge >= 0.3 is 0 Å². The van der Waals surface area contributed by atoms with Crippen LogP contribution in [0.5, 0.6) is 0 Å². The van der Waals surface area contributed by atoms with Gasteiger partial charge < -0.3 is 5.32 Å². The van der Waals surface area contributed by atoms with Crippen molar-refractivity contribution in [2.45, 2.75) is 77.3 Å². The highest BCUT2D eigenvalue weighted by Crippen LogP contribution is 2.28. The van der Waals surface area contributed by atoms with Crippen LogP contribution in [0.2, 0.25) is 0 Å². The quantitative estimate of drug-likeness (QED) is 0.826. The number of rotatable bonds is 4. The fourth-order valence-corrected chi connectivity index (χ4v) is 4.17. The number of nitrogens with zero attached hydrogens (tertiary/aromatic N) is 1. The first-order valence-electron chi connectivity index (χ1n) is 7.79. The highest BCUT2D eigenvalue weighted by atomic mass is 32.2. The molecular formula is C15H28N2S. The van der Waals surface area contributed by atoms with Crippen molar-refractivity contribution in [1.29, 1.82) is 0 Å². The molecule has 0 bridgehead atoms. The summed E-state index contributed by atoms with van der Waals surface area (Å²) in [7, 11) is 0. The maximum Gasteiger partial charge on any atom is 0.157 e. The zero-order chi connectivity index (χ0) is 12.8. The molecule has 0 saturated heterocycles. The molecule has 1 aliphatic heterocycles. The van der Waals surface area contributed by atoms with Gasteiger partial charge in [-0.15, -0.1) is 0 Å². The van der Waals surface area contributed by atoms with Crippen molar-refractivity contribution in [3.05, 3.63) is 0 Å². The van der Waals surface area contributed by atoms with Crippen LogP contribution in [0.15, 0.2) is 4.99 Å². The van der Waals surface area contributed by atoms with E-state index >= 15 is 0 Å². The van der Waals surface area contributed by atoms with Gasteiger partial charge in [0.2, 0.25) is 0 Å². The van der Waals surface area contributed by atoms with Gasteiger partial charge in [-0.05, 0) is 44.4 Å². The van der Waals surface area contributed by atoms with Gasteiger partial charge in [0.25, 0.3) is 0 Å². The Morgan fingerprint density at radius 2 is 1.94 bits per heavy atom. The monoisotopic (exact) mass is 268 g/mol. The Kier molecular flexibility index (Phi) is 5.87. The summed E-state index contributed by atoms with van der Waals surface area (Å²) in [5.74, 6) is 2.24. The predicted octanol–water partition coefficient (Wildman–Crippen LogP) is 4.21.